The number of imide groups is 1. The molecular weight excluding hydrogens is 336 g/mol. The first-order chi connectivity index (χ1) is 13.0. The summed E-state index contributed by atoms with van der Waals surface area (Å²) in [7, 11) is 0. The summed E-state index contributed by atoms with van der Waals surface area (Å²) in [6.07, 6.45) is 1.64. The molecular formula is C23H24N2O2. The van der Waals surface area contributed by atoms with Gasteiger partial charge in [0.25, 0.3) is 11.8 Å². The second kappa shape index (κ2) is 6.69. The van der Waals surface area contributed by atoms with Crippen molar-refractivity contribution in [3.8, 4) is 0 Å². The van der Waals surface area contributed by atoms with Gasteiger partial charge in [-0.1, -0.05) is 48.9 Å². The van der Waals surface area contributed by atoms with Gasteiger partial charge in [-0.05, 0) is 49.4 Å². The molecule has 2 amide bonds. The van der Waals surface area contributed by atoms with Crippen LogP contribution in [0.4, 0.5) is 5.69 Å². The highest BCUT2D eigenvalue weighted by Crippen LogP contribution is 2.39. The second-order valence-electron chi connectivity index (χ2n) is 7.33. The molecule has 27 heavy (non-hydrogen) atoms. The van der Waals surface area contributed by atoms with E-state index in [0.29, 0.717) is 17.8 Å². The van der Waals surface area contributed by atoms with Crippen LogP contribution in [0.25, 0.3) is 5.57 Å². The number of anilines is 1. The molecule has 2 aliphatic rings. The zero-order valence-corrected chi connectivity index (χ0v) is 16.1. The number of nitrogens with zero attached hydrogens (tertiary/aromatic N) is 2. The Kier molecular flexibility index (Phi) is 4.34. The number of carbonyl (C=O) groups excluding carboxylic acids is 2. The van der Waals surface area contributed by atoms with Crippen LogP contribution in [0.15, 0.2) is 48.2 Å². The zero-order valence-electron chi connectivity index (χ0n) is 16.1. The standard InChI is InChI=1S/C23H24N2O2/c1-4-12-25-22(26)20(18-10-9-15(2)14-16(18)3)21(23(25)27)24-13-11-17-7-5-6-8-19(17)24/h5-10,14H,4,11-13H2,1-3H3. The van der Waals surface area contributed by atoms with Crippen molar-refractivity contribution in [3.05, 3.63) is 70.4 Å². The average molecular weight is 360 g/mol. The van der Waals surface area contributed by atoms with E-state index in [0.717, 1.165) is 41.8 Å². The largest absolute Gasteiger partial charge is 0.336 e. The molecule has 0 bridgehead atoms. The first-order valence-corrected chi connectivity index (χ1v) is 9.56. The molecule has 2 aliphatic heterocycles. The maximum absolute atomic E-state index is 13.3. The predicted molar refractivity (Wildman–Crippen MR) is 107 cm³/mol. The predicted octanol–water partition coefficient (Wildman–Crippen LogP) is 3.86. The van der Waals surface area contributed by atoms with E-state index in [2.05, 4.69) is 12.1 Å². The number of hydrogen-bond acceptors (Lipinski definition) is 3. The van der Waals surface area contributed by atoms with Crippen LogP contribution in [0.2, 0.25) is 0 Å². The summed E-state index contributed by atoms with van der Waals surface area (Å²) < 4.78 is 0. The quantitative estimate of drug-likeness (QED) is 0.778. The lowest BCUT2D eigenvalue weighted by Gasteiger charge is -2.21. The van der Waals surface area contributed by atoms with Crippen LogP contribution in [-0.4, -0.2) is 29.8 Å². The number of hydrogen-bond donors (Lipinski definition) is 0. The van der Waals surface area contributed by atoms with Gasteiger partial charge in [0.1, 0.15) is 5.70 Å². The molecule has 2 aromatic rings. The number of para-hydroxylation sites is 1. The van der Waals surface area contributed by atoms with Gasteiger partial charge in [0.15, 0.2) is 0 Å². The van der Waals surface area contributed by atoms with E-state index in [-0.39, 0.29) is 11.8 Å². The third kappa shape index (κ3) is 2.76. The van der Waals surface area contributed by atoms with Crippen molar-refractivity contribution in [1.29, 1.82) is 0 Å². The molecule has 0 saturated carbocycles. The molecule has 2 aromatic carbocycles. The summed E-state index contributed by atoms with van der Waals surface area (Å²) >= 11 is 0. The molecule has 0 fully saturated rings. The van der Waals surface area contributed by atoms with Gasteiger partial charge in [0.2, 0.25) is 0 Å². The van der Waals surface area contributed by atoms with Gasteiger partial charge in [0, 0.05) is 18.8 Å². The second-order valence-corrected chi connectivity index (χ2v) is 7.33. The van der Waals surface area contributed by atoms with Crippen LogP contribution in [0.5, 0.6) is 0 Å². The Labute approximate surface area is 160 Å². The van der Waals surface area contributed by atoms with Crippen LogP contribution in [-0.2, 0) is 16.0 Å². The van der Waals surface area contributed by atoms with Gasteiger partial charge < -0.3 is 4.90 Å². The van der Waals surface area contributed by atoms with Crippen LogP contribution >= 0.6 is 0 Å². The van der Waals surface area contributed by atoms with E-state index in [1.165, 1.54) is 10.5 Å². The monoisotopic (exact) mass is 360 g/mol. The lowest BCUT2D eigenvalue weighted by atomic mass is 9.97. The van der Waals surface area contributed by atoms with Crippen LogP contribution in [0.1, 0.15) is 35.6 Å². The summed E-state index contributed by atoms with van der Waals surface area (Å²) in [5.41, 5.74) is 6.36. The van der Waals surface area contributed by atoms with Crippen molar-refractivity contribution in [2.45, 2.75) is 33.6 Å². The van der Waals surface area contributed by atoms with Crippen LogP contribution < -0.4 is 4.90 Å². The van der Waals surface area contributed by atoms with E-state index in [4.69, 9.17) is 0 Å². The van der Waals surface area contributed by atoms with E-state index >= 15 is 0 Å². The topological polar surface area (TPSA) is 40.6 Å². The Morgan fingerprint density at radius 1 is 1.00 bits per heavy atom. The maximum Gasteiger partial charge on any atom is 0.278 e. The molecule has 2 heterocycles. The van der Waals surface area contributed by atoms with Gasteiger partial charge in [-0.2, -0.15) is 0 Å². The zero-order chi connectivity index (χ0) is 19.1. The molecule has 0 aromatic heterocycles. The molecule has 4 heteroatoms. The minimum Gasteiger partial charge on any atom is -0.336 e. The Balaban J connectivity index is 1.91. The van der Waals surface area contributed by atoms with Gasteiger partial charge in [0.05, 0.1) is 5.57 Å². The fourth-order valence-corrected chi connectivity index (χ4v) is 4.15. The summed E-state index contributed by atoms with van der Waals surface area (Å²) in [6.45, 7) is 7.20. The van der Waals surface area contributed by atoms with Crippen molar-refractivity contribution in [2.75, 3.05) is 18.0 Å². The molecule has 0 unspecified atom stereocenters. The first-order valence-electron chi connectivity index (χ1n) is 9.56. The highest BCUT2D eigenvalue weighted by atomic mass is 16.2. The van der Waals surface area contributed by atoms with Crippen LogP contribution in [0.3, 0.4) is 0 Å². The molecule has 0 spiro atoms. The molecule has 0 saturated heterocycles. The number of fused-ring (bicyclic) bond motifs is 1. The number of benzene rings is 2. The molecule has 0 atom stereocenters. The highest BCUT2D eigenvalue weighted by Gasteiger charge is 2.43. The molecule has 0 radical (unpaired) electrons. The average Bonchev–Trinajstić information content (AvgIpc) is 3.16. The lowest BCUT2D eigenvalue weighted by Crippen LogP contribution is -2.35. The number of amides is 2. The number of aryl methyl sites for hydroxylation is 2. The summed E-state index contributed by atoms with van der Waals surface area (Å²) in [5.74, 6) is -0.346. The molecule has 4 rings (SSSR count). The van der Waals surface area contributed by atoms with Crippen molar-refractivity contribution < 1.29 is 9.59 Å². The van der Waals surface area contributed by atoms with Crippen molar-refractivity contribution in [3.63, 3.8) is 0 Å². The number of carbonyl (C=O) groups is 2. The Morgan fingerprint density at radius 2 is 1.78 bits per heavy atom. The van der Waals surface area contributed by atoms with Crippen LogP contribution in [0, 0.1) is 13.8 Å². The fourth-order valence-electron chi connectivity index (χ4n) is 4.15. The number of rotatable bonds is 4. The minimum absolute atomic E-state index is 0.173. The SMILES string of the molecule is CCCN1C(=O)C(c2ccc(C)cc2C)=C(N2CCc3ccccc32)C1=O. The highest BCUT2D eigenvalue weighted by molar-refractivity contribution is 6.37. The Hall–Kier alpha value is -2.88. The maximum atomic E-state index is 13.3. The third-order valence-electron chi connectivity index (χ3n) is 5.40. The first kappa shape index (κ1) is 17.5. The van der Waals surface area contributed by atoms with Crippen molar-refractivity contribution in [2.24, 2.45) is 0 Å². The van der Waals surface area contributed by atoms with E-state index in [1.54, 1.807) is 0 Å². The van der Waals surface area contributed by atoms with E-state index in [9.17, 15) is 9.59 Å². The Morgan fingerprint density at radius 3 is 2.52 bits per heavy atom. The normalized spacial score (nSPS) is 16.6. The van der Waals surface area contributed by atoms with E-state index < -0.39 is 0 Å². The van der Waals surface area contributed by atoms with Crippen molar-refractivity contribution in [1.82, 2.24) is 4.90 Å². The summed E-state index contributed by atoms with van der Waals surface area (Å²) in [6, 6.07) is 14.2. The van der Waals surface area contributed by atoms with Gasteiger partial charge in [-0.25, -0.2) is 0 Å². The molecule has 0 N–H and O–H groups in total. The van der Waals surface area contributed by atoms with Gasteiger partial charge in [-0.15, -0.1) is 0 Å². The van der Waals surface area contributed by atoms with Crippen molar-refractivity contribution >= 4 is 23.1 Å². The third-order valence-corrected chi connectivity index (χ3v) is 5.40. The minimum atomic E-state index is -0.173. The fraction of sp³-hybridized carbons (Fsp3) is 0.304. The molecule has 4 nitrogen and oxygen atoms in total. The summed E-state index contributed by atoms with van der Waals surface area (Å²) in [4.78, 5) is 30.0. The Bertz CT molecular complexity index is 974. The molecule has 0 aliphatic carbocycles. The molecule has 138 valence electrons. The smallest absolute Gasteiger partial charge is 0.278 e. The van der Waals surface area contributed by atoms with E-state index in [1.807, 2.05) is 56.0 Å². The lowest BCUT2D eigenvalue weighted by molar-refractivity contribution is -0.136. The van der Waals surface area contributed by atoms with Gasteiger partial charge >= 0.3 is 0 Å². The van der Waals surface area contributed by atoms with Gasteiger partial charge in [-0.3, -0.25) is 14.5 Å². The summed E-state index contributed by atoms with van der Waals surface area (Å²) in [5, 5.41) is 0.